The summed E-state index contributed by atoms with van der Waals surface area (Å²) in [6, 6.07) is 13.7. The van der Waals surface area contributed by atoms with E-state index in [4.69, 9.17) is 4.98 Å². The highest BCUT2D eigenvalue weighted by Gasteiger charge is 2.23. The van der Waals surface area contributed by atoms with E-state index in [0.717, 1.165) is 42.6 Å². The van der Waals surface area contributed by atoms with Gasteiger partial charge in [0.25, 0.3) is 5.91 Å². The lowest BCUT2D eigenvalue weighted by Crippen LogP contribution is -2.48. The third-order valence-corrected chi connectivity index (χ3v) is 5.92. The predicted octanol–water partition coefficient (Wildman–Crippen LogP) is 3.83. The molecule has 1 aromatic carbocycles. The molecule has 0 radical (unpaired) electrons. The van der Waals surface area contributed by atoms with Crippen molar-refractivity contribution in [1.82, 2.24) is 9.88 Å². The zero-order valence-corrected chi connectivity index (χ0v) is 14.7. The molecule has 2 aromatic heterocycles. The van der Waals surface area contributed by atoms with Crippen LogP contribution < -0.4 is 4.90 Å². The summed E-state index contributed by atoms with van der Waals surface area (Å²) in [7, 11) is 0. The van der Waals surface area contributed by atoms with Gasteiger partial charge in [-0.25, -0.2) is 4.98 Å². The third-order valence-electron chi connectivity index (χ3n) is 4.12. The average Bonchev–Trinajstić information content (AvgIpc) is 3.33. The zero-order valence-electron chi connectivity index (χ0n) is 13.1. The molecule has 122 valence electrons. The van der Waals surface area contributed by atoms with Crippen molar-refractivity contribution in [3.05, 3.63) is 58.8 Å². The Morgan fingerprint density at radius 1 is 0.958 bits per heavy atom. The second kappa shape index (κ2) is 6.75. The van der Waals surface area contributed by atoms with Crippen molar-refractivity contribution in [3.8, 4) is 10.6 Å². The van der Waals surface area contributed by atoms with Gasteiger partial charge in [0.2, 0.25) is 0 Å². The fourth-order valence-electron chi connectivity index (χ4n) is 2.81. The molecule has 0 atom stereocenters. The topological polar surface area (TPSA) is 36.4 Å². The lowest BCUT2D eigenvalue weighted by Gasteiger charge is -2.34. The molecule has 0 N–H and O–H groups in total. The molecule has 0 unspecified atom stereocenters. The summed E-state index contributed by atoms with van der Waals surface area (Å²) in [6.07, 6.45) is 0. The van der Waals surface area contributed by atoms with E-state index in [1.807, 2.05) is 41.3 Å². The number of thiophene rings is 1. The van der Waals surface area contributed by atoms with Crippen LogP contribution in [0.1, 0.15) is 10.4 Å². The van der Waals surface area contributed by atoms with Crippen LogP contribution in [0, 0.1) is 0 Å². The van der Waals surface area contributed by atoms with Crippen molar-refractivity contribution in [3.63, 3.8) is 0 Å². The van der Waals surface area contributed by atoms with Crippen LogP contribution >= 0.6 is 22.7 Å². The molecule has 1 amide bonds. The van der Waals surface area contributed by atoms with E-state index in [-0.39, 0.29) is 5.91 Å². The summed E-state index contributed by atoms with van der Waals surface area (Å²) >= 11 is 3.39. The molecule has 4 rings (SSSR count). The Labute approximate surface area is 149 Å². The zero-order chi connectivity index (χ0) is 16.4. The largest absolute Gasteiger partial charge is 0.345 e. The summed E-state index contributed by atoms with van der Waals surface area (Å²) in [4.78, 5) is 22.7. The number of hydrogen-bond donors (Lipinski definition) is 0. The number of amides is 1. The smallest absolute Gasteiger partial charge is 0.253 e. The van der Waals surface area contributed by atoms with Crippen molar-refractivity contribution < 1.29 is 4.79 Å². The van der Waals surface area contributed by atoms with Crippen LogP contribution in [-0.2, 0) is 0 Å². The van der Waals surface area contributed by atoms with Crippen molar-refractivity contribution in [2.75, 3.05) is 31.1 Å². The van der Waals surface area contributed by atoms with E-state index in [1.54, 1.807) is 22.7 Å². The van der Waals surface area contributed by atoms with Crippen LogP contribution in [0.15, 0.2) is 53.2 Å². The highest BCUT2D eigenvalue weighted by molar-refractivity contribution is 7.16. The number of benzene rings is 1. The van der Waals surface area contributed by atoms with Gasteiger partial charge in [0.05, 0.1) is 10.6 Å². The monoisotopic (exact) mass is 355 g/mol. The number of nitrogens with zero attached hydrogens (tertiary/aromatic N) is 3. The standard InChI is InChI=1S/C18H17N3OS2/c22-17(14-5-2-1-3-6-14)20-8-10-21(11-9-20)18-19-15(13-24-18)16-7-4-12-23-16/h1-7,12-13H,8-11H2. The van der Waals surface area contributed by atoms with E-state index in [2.05, 4.69) is 21.7 Å². The molecule has 1 saturated heterocycles. The first-order valence-electron chi connectivity index (χ1n) is 7.90. The van der Waals surface area contributed by atoms with Gasteiger partial charge in [-0.15, -0.1) is 22.7 Å². The Hall–Kier alpha value is -2.18. The van der Waals surface area contributed by atoms with Gasteiger partial charge in [0, 0.05) is 37.1 Å². The Kier molecular flexibility index (Phi) is 4.32. The molecule has 0 spiro atoms. The fraction of sp³-hybridized carbons (Fsp3) is 0.222. The maximum Gasteiger partial charge on any atom is 0.253 e. The molecule has 1 aliphatic rings. The van der Waals surface area contributed by atoms with E-state index in [0.29, 0.717) is 0 Å². The Morgan fingerprint density at radius 2 is 1.75 bits per heavy atom. The van der Waals surface area contributed by atoms with Crippen LogP contribution in [-0.4, -0.2) is 42.0 Å². The fourth-order valence-corrected chi connectivity index (χ4v) is 4.45. The highest BCUT2D eigenvalue weighted by Crippen LogP contribution is 2.30. The number of carbonyl (C=O) groups is 1. The van der Waals surface area contributed by atoms with E-state index in [1.165, 1.54) is 4.88 Å². The lowest BCUT2D eigenvalue weighted by molar-refractivity contribution is 0.0747. The number of aromatic nitrogens is 1. The Bertz CT molecular complexity index is 806. The van der Waals surface area contributed by atoms with E-state index >= 15 is 0 Å². The number of piperazine rings is 1. The van der Waals surface area contributed by atoms with E-state index < -0.39 is 0 Å². The summed E-state index contributed by atoms with van der Waals surface area (Å²) in [5, 5.41) is 5.23. The van der Waals surface area contributed by atoms with Crippen LogP contribution in [0.3, 0.4) is 0 Å². The minimum Gasteiger partial charge on any atom is -0.345 e. The molecule has 0 saturated carbocycles. The maximum atomic E-state index is 12.5. The summed E-state index contributed by atoms with van der Waals surface area (Å²) in [6.45, 7) is 3.13. The van der Waals surface area contributed by atoms with Gasteiger partial charge in [-0.05, 0) is 23.6 Å². The molecule has 0 aliphatic carbocycles. The van der Waals surface area contributed by atoms with Gasteiger partial charge in [-0.3, -0.25) is 4.79 Å². The van der Waals surface area contributed by atoms with Gasteiger partial charge in [-0.1, -0.05) is 24.3 Å². The van der Waals surface area contributed by atoms with Crippen molar-refractivity contribution in [2.45, 2.75) is 0 Å². The average molecular weight is 355 g/mol. The van der Waals surface area contributed by atoms with Crippen LogP contribution in [0.4, 0.5) is 5.13 Å². The van der Waals surface area contributed by atoms with Gasteiger partial charge < -0.3 is 9.80 Å². The van der Waals surface area contributed by atoms with Crippen LogP contribution in [0.5, 0.6) is 0 Å². The molecule has 0 bridgehead atoms. The maximum absolute atomic E-state index is 12.5. The number of carbonyl (C=O) groups excluding carboxylic acids is 1. The number of thiazole rings is 1. The normalized spacial score (nSPS) is 14.8. The minimum absolute atomic E-state index is 0.119. The van der Waals surface area contributed by atoms with Crippen molar-refractivity contribution in [1.29, 1.82) is 0 Å². The Morgan fingerprint density at radius 3 is 2.46 bits per heavy atom. The molecular weight excluding hydrogens is 338 g/mol. The first-order valence-corrected chi connectivity index (χ1v) is 9.66. The van der Waals surface area contributed by atoms with Gasteiger partial charge >= 0.3 is 0 Å². The molecular formula is C18H17N3OS2. The minimum atomic E-state index is 0.119. The molecule has 24 heavy (non-hydrogen) atoms. The van der Waals surface area contributed by atoms with Gasteiger partial charge in [0.1, 0.15) is 0 Å². The first kappa shape index (κ1) is 15.4. The molecule has 1 fully saturated rings. The van der Waals surface area contributed by atoms with Gasteiger partial charge in [0.15, 0.2) is 5.13 Å². The molecule has 1 aliphatic heterocycles. The van der Waals surface area contributed by atoms with Crippen molar-refractivity contribution in [2.24, 2.45) is 0 Å². The molecule has 6 heteroatoms. The van der Waals surface area contributed by atoms with Crippen LogP contribution in [0.2, 0.25) is 0 Å². The SMILES string of the molecule is O=C(c1ccccc1)N1CCN(c2nc(-c3cccs3)cs2)CC1. The molecule has 3 heterocycles. The molecule has 3 aromatic rings. The first-order chi connectivity index (χ1) is 11.8. The van der Waals surface area contributed by atoms with Gasteiger partial charge in [-0.2, -0.15) is 0 Å². The second-order valence-corrected chi connectivity index (χ2v) is 7.42. The third kappa shape index (κ3) is 3.07. The summed E-state index contributed by atoms with van der Waals surface area (Å²) in [5.74, 6) is 0.119. The number of anilines is 1. The Balaban J connectivity index is 1.40. The van der Waals surface area contributed by atoms with Crippen LogP contribution in [0.25, 0.3) is 10.6 Å². The molecule has 4 nitrogen and oxygen atoms in total. The predicted molar refractivity (Wildman–Crippen MR) is 100.0 cm³/mol. The van der Waals surface area contributed by atoms with E-state index in [9.17, 15) is 4.79 Å². The lowest BCUT2D eigenvalue weighted by atomic mass is 10.2. The quantitative estimate of drug-likeness (QED) is 0.716. The van der Waals surface area contributed by atoms with Crippen molar-refractivity contribution >= 4 is 33.7 Å². The highest BCUT2D eigenvalue weighted by atomic mass is 32.1. The number of hydrogen-bond acceptors (Lipinski definition) is 5. The summed E-state index contributed by atoms with van der Waals surface area (Å²) < 4.78 is 0. The second-order valence-electron chi connectivity index (χ2n) is 5.64. The number of rotatable bonds is 3. The summed E-state index contributed by atoms with van der Waals surface area (Å²) in [5.41, 5.74) is 1.81.